The summed E-state index contributed by atoms with van der Waals surface area (Å²) in [7, 11) is -0.471. The summed E-state index contributed by atoms with van der Waals surface area (Å²) in [5.41, 5.74) is 3.02. The maximum atomic E-state index is 14.1. The normalized spacial score (nSPS) is 20.0. The third kappa shape index (κ3) is 5.38. The molecule has 1 saturated heterocycles. The van der Waals surface area contributed by atoms with Gasteiger partial charge in [0.1, 0.15) is 6.61 Å². The first-order valence-corrected chi connectivity index (χ1v) is 12.3. The summed E-state index contributed by atoms with van der Waals surface area (Å²) < 4.78 is 43.3. The molecule has 2 aromatic rings. The van der Waals surface area contributed by atoms with Gasteiger partial charge >= 0.3 is 0 Å². The van der Waals surface area contributed by atoms with Gasteiger partial charge in [-0.3, -0.25) is 0 Å². The summed E-state index contributed by atoms with van der Waals surface area (Å²) >= 11 is 0. The van der Waals surface area contributed by atoms with Crippen molar-refractivity contribution in [2.24, 2.45) is 0 Å². The number of hydrogen-bond donors (Lipinski definition) is 0. The molecule has 0 amide bonds. The van der Waals surface area contributed by atoms with Gasteiger partial charge in [0.15, 0.2) is 11.6 Å². The lowest BCUT2D eigenvalue weighted by Crippen LogP contribution is -2.19. The first-order chi connectivity index (χ1) is 13.1. The van der Waals surface area contributed by atoms with Crippen LogP contribution in [0.5, 0.6) is 5.75 Å². The number of halogens is 3. The summed E-state index contributed by atoms with van der Waals surface area (Å²) in [5.74, 6) is -0.0957. The van der Waals surface area contributed by atoms with Crippen LogP contribution < -0.4 is 4.74 Å². The Morgan fingerprint density at radius 2 is 1.70 bits per heavy atom. The Morgan fingerprint density at radius 1 is 1.04 bits per heavy atom. The standard InChI is InChI=1S/C22H27F3OSi/c1-2-11-27-12-9-18(10-13-27)16-3-5-17(6-4-16)19-7-8-21(20(23)14-19)26-15-22(24)25/h3-8,14,18,22,27H,2,9-13,15H2,1H3. The highest BCUT2D eigenvalue weighted by Gasteiger charge is 2.22. The smallest absolute Gasteiger partial charge is 0.272 e. The highest BCUT2D eigenvalue weighted by atomic mass is 28.3. The van der Waals surface area contributed by atoms with Crippen molar-refractivity contribution in [1.82, 2.24) is 0 Å². The van der Waals surface area contributed by atoms with E-state index in [9.17, 15) is 13.2 Å². The van der Waals surface area contributed by atoms with Crippen LogP contribution in [0.1, 0.15) is 37.7 Å². The van der Waals surface area contributed by atoms with Gasteiger partial charge in [-0.2, -0.15) is 0 Å². The Morgan fingerprint density at radius 3 is 2.30 bits per heavy atom. The second-order valence-electron chi connectivity index (χ2n) is 7.48. The van der Waals surface area contributed by atoms with E-state index in [1.54, 1.807) is 6.07 Å². The second-order valence-corrected chi connectivity index (χ2v) is 10.9. The number of benzene rings is 2. The van der Waals surface area contributed by atoms with E-state index in [2.05, 4.69) is 19.1 Å². The lowest BCUT2D eigenvalue weighted by atomic mass is 9.92. The van der Waals surface area contributed by atoms with E-state index in [1.165, 1.54) is 55.1 Å². The van der Waals surface area contributed by atoms with Crippen molar-refractivity contribution in [2.75, 3.05) is 6.61 Å². The van der Waals surface area contributed by atoms with Crippen LogP contribution in [-0.4, -0.2) is 21.8 Å². The summed E-state index contributed by atoms with van der Waals surface area (Å²) in [6.45, 7) is 1.49. The Balaban J connectivity index is 1.64. The topological polar surface area (TPSA) is 9.23 Å². The van der Waals surface area contributed by atoms with Gasteiger partial charge in [-0.1, -0.05) is 61.8 Å². The van der Waals surface area contributed by atoms with Crippen molar-refractivity contribution < 1.29 is 17.9 Å². The van der Waals surface area contributed by atoms with Crippen LogP contribution in [0.15, 0.2) is 42.5 Å². The Labute approximate surface area is 161 Å². The van der Waals surface area contributed by atoms with Crippen molar-refractivity contribution in [3.05, 3.63) is 53.8 Å². The molecule has 5 heteroatoms. The first kappa shape index (κ1) is 20.0. The van der Waals surface area contributed by atoms with Crippen LogP contribution in [-0.2, 0) is 0 Å². The van der Waals surface area contributed by atoms with Crippen molar-refractivity contribution in [2.45, 2.75) is 56.7 Å². The lowest BCUT2D eigenvalue weighted by Gasteiger charge is -2.27. The van der Waals surface area contributed by atoms with Gasteiger partial charge in [0.05, 0.1) is 0 Å². The molecular formula is C22H27F3OSi. The largest absolute Gasteiger partial charge is 0.485 e. The van der Waals surface area contributed by atoms with Crippen molar-refractivity contribution in [1.29, 1.82) is 0 Å². The van der Waals surface area contributed by atoms with Crippen molar-refractivity contribution in [3.63, 3.8) is 0 Å². The van der Waals surface area contributed by atoms with Crippen molar-refractivity contribution in [3.8, 4) is 16.9 Å². The minimum Gasteiger partial charge on any atom is -0.485 e. The third-order valence-electron chi connectivity index (χ3n) is 5.56. The zero-order valence-corrected chi connectivity index (χ0v) is 16.9. The quantitative estimate of drug-likeness (QED) is 0.479. The van der Waals surface area contributed by atoms with Crippen LogP contribution >= 0.6 is 0 Å². The van der Waals surface area contributed by atoms with E-state index in [-0.39, 0.29) is 5.75 Å². The predicted molar refractivity (Wildman–Crippen MR) is 107 cm³/mol. The van der Waals surface area contributed by atoms with Crippen LogP contribution in [0.2, 0.25) is 18.1 Å². The molecule has 1 fully saturated rings. The average Bonchev–Trinajstić information content (AvgIpc) is 2.68. The molecule has 27 heavy (non-hydrogen) atoms. The molecule has 1 heterocycles. The van der Waals surface area contributed by atoms with Gasteiger partial charge in [0, 0.05) is 8.80 Å². The van der Waals surface area contributed by atoms with E-state index in [4.69, 9.17) is 4.74 Å². The molecule has 2 aromatic carbocycles. The minimum absolute atomic E-state index is 0.135. The van der Waals surface area contributed by atoms with E-state index >= 15 is 0 Å². The molecule has 1 nitrogen and oxygen atoms in total. The summed E-state index contributed by atoms with van der Waals surface area (Å²) in [6, 6.07) is 17.2. The van der Waals surface area contributed by atoms with Gasteiger partial charge in [-0.15, -0.1) is 0 Å². The van der Waals surface area contributed by atoms with E-state index < -0.39 is 27.6 Å². The highest BCUT2D eigenvalue weighted by molar-refractivity contribution is 6.59. The molecule has 0 saturated carbocycles. The molecule has 146 valence electrons. The Bertz CT molecular complexity index is 725. The zero-order valence-electron chi connectivity index (χ0n) is 15.8. The highest BCUT2D eigenvalue weighted by Crippen LogP contribution is 2.36. The fraction of sp³-hybridized carbons (Fsp3) is 0.455. The first-order valence-electron chi connectivity index (χ1n) is 9.87. The zero-order chi connectivity index (χ0) is 19.2. The van der Waals surface area contributed by atoms with Crippen LogP contribution in [0.3, 0.4) is 0 Å². The maximum absolute atomic E-state index is 14.1. The Hall–Kier alpha value is -1.75. The molecule has 0 unspecified atom stereocenters. The second kappa shape index (κ2) is 9.45. The molecular weight excluding hydrogens is 365 g/mol. The predicted octanol–water partition coefficient (Wildman–Crippen LogP) is 6.65. The van der Waals surface area contributed by atoms with Crippen LogP contribution in [0, 0.1) is 5.82 Å². The third-order valence-corrected chi connectivity index (χ3v) is 9.25. The van der Waals surface area contributed by atoms with E-state index in [0.29, 0.717) is 5.92 Å². The molecule has 0 spiro atoms. The van der Waals surface area contributed by atoms with E-state index in [0.717, 1.165) is 11.1 Å². The summed E-state index contributed by atoms with van der Waals surface area (Å²) in [4.78, 5) is 0. The molecule has 0 bridgehead atoms. The number of ether oxygens (including phenoxy) is 1. The molecule has 0 atom stereocenters. The number of rotatable bonds is 7. The SMILES string of the molecule is CCC[SiH]1CCC(c2ccc(-c3ccc(OCC(F)F)c(F)c3)cc2)CC1. The summed E-state index contributed by atoms with van der Waals surface area (Å²) in [5, 5.41) is 0. The monoisotopic (exact) mass is 392 g/mol. The number of alkyl halides is 2. The fourth-order valence-corrected chi connectivity index (χ4v) is 7.52. The molecule has 1 aliphatic rings. The molecule has 0 N–H and O–H groups in total. The van der Waals surface area contributed by atoms with E-state index in [1.807, 2.05) is 12.1 Å². The Kier molecular flexibility index (Phi) is 6.99. The van der Waals surface area contributed by atoms with Gasteiger partial charge in [-0.05, 0) is 47.6 Å². The van der Waals surface area contributed by atoms with Gasteiger partial charge in [-0.25, -0.2) is 13.2 Å². The number of hydrogen-bond acceptors (Lipinski definition) is 1. The molecule has 3 rings (SSSR count). The molecule has 0 aliphatic carbocycles. The maximum Gasteiger partial charge on any atom is 0.272 e. The van der Waals surface area contributed by atoms with Crippen LogP contribution in [0.4, 0.5) is 13.2 Å². The van der Waals surface area contributed by atoms with Crippen molar-refractivity contribution >= 4 is 8.80 Å². The molecule has 0 aromatic heterocycles. The van der Waals surface area contributed by atoms with Gasteiger partial charge in [0.2, 0.25) is 0 Å². The fourth-order valence-electron chi connectivity index (χ4n) is 4.09. The van der Waals surface area contributed by atoms with Gasteiger partial charge < -0.3 is 4.74 Å². The lowest BCUT2D eigenvalue weighted by molar-refractivity contribution is 0.0799. The average molecular weight is 393 g/mol. The minimum atomic E-state index is -2.61. The molecule has 1 aliphatic heterocycles. The summed E-state index contributed by atoms with van der Waals surface area (Å²) in [6.07, 6.45) is 1.33. The van der Waals surface area contributed by atoms with Crippen LogP contribution in [0.25, 0.3) is 11.1 Å². The molecule has 0 radical (unpaired) electrons. The van der Waals surface area contributed by atoms with Gasteiger partial charge in [0.25, 0.3) is 6.43 Å².